The van der Waals surface area contributed by atoms with Crippen LogP contribution >= 0.6 is 15.9 Å². The minimum atomic E-state index is -1.23. The van der Waals surface area contributed by atoms with Gasteiger partial charge < -0.3 is 14.9 Å². The molecular weight excluding hydrogens is 236 g/mol. The Bertz CT molecular complexity index is 478. The number of nitrogens with zero attached hydrogens (tertiary/aromatic N) is 1. The van der Waals surface area contributed by atoms with Gasteiger partial charge in [-0.25, -0.2) is 4.98 Å². The number of aromatic carboxylic acids is 1. The van der Waals surface area contributed by atoms with Crippen molar-refractivity contribution in [2.45, 2.75) is 0 Å². The topological polar surface area (TPSA) is 68.8 Å². The van der Waals surface area contributed by atoms with Crippen LogP contribution in [0.2, 0.25) is 0 Å². The fourth-order valence-corrected chi connectivity index (χ4v) is 1.44. The van der Waals surface area contributed by atoms with Crippen LogP contribution in [0.3, 0.4) is 0 Å². The summed E-state index contributed by atoms with van der Waals surface area (Å²) in [6.45, 7) is 0. The number of aromatic nitrogens is 2. The van der Waals surface area contributed by atoms with Crippen LogP contribution in [0.15, 0.2) is 22.9 Å². The maximum Gasteiger partial charge on any atom is 0.106 e. The van der Waals surface area contributed by atoms with Crippen LogP contribution in [0.1, 0.15) is 10.4 Å². The molecule has 0 saturated heterocycles. The van der Waals surface area contributed by atoms with E-state index in [0.29, 0.717) is 15.6 Å². The normalized spacial score (nSPS) is 10.5. The molecule has 0 aliphatic carbocycles. The Labute approximate surface area is 81.7 Å². The molecule has 0 unspecified atom stereocenters. The number of carboxylic acids is 1. The predicted molar refractivity (Wildman–Crippen MR) is 48.1 cm³/mol. The van der Waals surface area contributed by atoms with Gasteiger partial charge in [0, 0.05) is 11.8 Å². The number of carboxylic acid groups (broad SMARTS) is 1. The minimum Gasteiger partial charge on any atom is -0.545 e. The van der Waals surface area contributed by atoms with Crippen LogP contribution < -0.4 is 5.11 Å². The lowest BCUT2D eigenvalue weighted by atomic mass is 10.3. The lowest BCUT2D eigenvalue weighted by Gasteiger charge is -1.97. The molecule has 0 aromatic carbocycles. The van der Waals surface area contributed by atoms with Crippen molar-refractivity contribution < 1.29 is 9.90 Å². The first-order valence-electron chi connectivity index (χ1n) is 3.53. The van der Waals surface area contributed by atoms with Crippen molar-refractivity contribution in [3.63, 3.8) is 0 Å². The SMILES string of the molecule is O=C([O-])c1c[nH]c2ccc(Br)nc12. The maximum absolute atomic E-state index is 10.6. The first kappa shape index (κ1) is 8.25. The van der Waals surface area contributed by atoms with Gasteiger partial charge in [0.1, 0.15) is 4.60 Å². The van der Waals surface area contributed by atoms with Crippen molar-refractivity contribution in [1.29, 1.82) is 0 Å². The molecule has 1 N–H and O–H groups in total. The van der Waals surface area contributed by atoms with Crippen LogP contribution in [0.25, 0.3) is 11.0 Å². The standard InChI is InChI=1S/C8H5BrN2O2/c9-6-2-1-5-7(11-6)4(3-10-5)8(12)13/h1-3,10H,(H,12,13)/p-1. The summed E-state index contributed by atoms with van der Waals surface area (Å²) in [5.41, 5.74) is 1.17. The Hall–Kier alpha value is -1.36. The van der Waals surface area contributed by atoms with Crippen LogP contribution in [-0.2, 0) is 0 Å². The van der Waals surface area contributed by atoms with Crippen molar-refractivity contribution in [2.75, 3.05) is 0 Å². The number of rotatable bonds is 1. The Morgan fingerprint density at radius 2 is 2.31 bits per heavy atom. The molecule has 0 fully saturated rings. The second-order valence-electron chi connectivity index (χ2n) is 2.52. The molecule has 66 valence electrons. The number of hydrogen-bond acceptors (Lipinski definition) is 3. The van der Waals surface area contributed by atoms with Crippen molar-refractivity contribution in [1.82, 2.24) is 9.97 Å². The van der Waals surface area contributed by atoms with Gasteiger partial charge in [-0.05, 0) is 28.1 Å². The highest BCUT2D eigenvalue weighted by atomic mass is 79.9. The first-order chi connectivity index (χ1) is 6.18. The van der Waals surface area contributed by atoms with E-state index < -0.39 is 5.97 Å². The minimum absolute atomic E-state index is 0.0799. The van der Waals surface area contributed by atoms with Crippen molar-refractivity contribution in [3.8, 4) is 0 Å². The van der Waals surface area contributed by atoms with E-state index in [1.807, 2.05) is 0 Å². The van der Waals surface area contributed by atoms with E-state index in [1.165, 1.54) is 6.20 Å². The van der Waals surface area contributed by atoms with Crippen LogP contribution in [0, 0.1) is 0 Å². The number of pyridine rings is 1. The van der Waals surface area contributed by atoms with Crippen LogP contribution in [-0.4, -0.2) is 15.9 Å². The van der Waals surface area contributed by atoms with E-state index in [0.717, 1.165) is 0 Å². The molecule has 0 amide bonds. The molecule has 0 aliphatic heterocycles. The first-order valence-corrected chi connectivity index (χ1v) is 4.33. The van der Waals surface area contributed by atoms with Gasteiger partial charge in [-0.15, -0.1) is 0 Å². The Morgan fingerprint density at radius 1 is 1.54 bits per heavy atom. The molecule has 0 atom stereocenters. The molecule has 13 heavy (non-hydrogen) atoms. The molecule has 2 heterocycles. The van der Waals surface area contributed by atoms with Gasteiger partial charge in [-0.2, -0.15) is 0 Å². The fourth-order valence-electron chi connectivity index (χ4n) is 1.13. The number of nitrogens with one attached hydrogen (secondary N) is 1. The van der Waals surface area contributed by atoms with Gasteiger partial charge in [0.05, 0.1) is 17.0 Å². The van der Waals surface area contributed by atoms with E-state index >= 15 is 0 Å². The average molecular weight is 240 g/mol. The van der Waals surface area contributed by atoms with Crippen molar-refractivity contribution in [3.05, 3.63) is 28.5 Å². The smallest absolute Gasteiger partial charge is 0.106 e. The summed E-state index contributed by atoms with van der Waals surface area (Å²) >= 11 is 3.16. The van der Waals surface area contributed by atoms with Gasteiger partial charge >= 0.3 is 0 Å². The molecule has 4 nitrogen and oxygen atoms in total. The van der Waals surface area contributed by atoms with Gasteiger partial charge in [-0.1, -0.05) is 0 Å². The molecule has 0 radical (unpaired) electrons. The molecule has 0 spiro atoms. The second kappa shape index (κ2) is 2.85. The number of hydrogen-bond donors (Lipinski definition) is 1. The summed E-state index contributed by atoms with van der Waals surface area (Å²) in [6.07, 6.45) is 1.37. The number of carbonyl (C=O) groups is 1. The zero-order valence-corrected chi connectivity index (χ0v) is 7.96. The number of H-pyrrole nitrogens is 1. The molecule has 0 saturated carbocycles. The van der Waals surface area contributed by atoms with Crippen molar-refractivity contribution in [2.24, 2.45) is 0 Å². The fraction of sp³-hybridized carbons (Fsp3) is 0. The summed E-state index contributed by atoms with van der Waals surface area (Å²) in [4.78, 5) is 17.4. The second-order valence-corrected chi connectivity index (χ2v) is 3.33. The Balaban J connectivity index is 2.79. The lowest BCUT2D eigenvalue weighted by Crippen LogP contribution is -2.21. The summed E-state index contributed by atoms with van der Waals surface area (Å²) in [5.74, 6) is -1.23. The highest BCUT2D eigenvalue weighted by molar-refractivity contribution is 9.10. The van der Waals surface area contributed by atoms with Crippen LogP contribution in [0.4, 0.5) is 0 Å². The summed E-state index contributed by atoms with van der Waals surface area (Å²) in [5, 5.41) is 10.6. The zero-order valence-electron chi connectivity index (χ0n) is 6.37. The van der Waals surface area contributed by atoms with Crippen LogP contribution in [0.5, 0.6) is 0 Å². The van der Waals surface area contributed by atoms with E-state index in [1.54, 1.807) is 12.1 Å². The van der Waals surface area contributed by atoms with Gasteiger partial charge in [0.15, 0.2) is 0 Å². The predicted octanol–water partition coefficient (Wildman–Crippen LogP) is 0.689. The maximum atomic E-state index is 10.6. The highest BCUT2D eigenvalue weighted by Gasteiger charge is 2.05. The molecule has 2 rings (SSSR count). The molecular formula is C8H4BrN2O2-. The molecule has 5 heteroatoms. The van der Waals surface area contributed by atoms with Gasteiger partial charge in [-0.3, -0.25) is 0 Å². The number of halogens is 1. The summed E-state index contributed by atoms with van der Waals surface area (Å²) in [6, 6.07) is 3.48. The van der Waals surface area contributed by atoms with E-state index in [9.17, 15) is 9.90 Å². The van der Waals surface area contributed by atoms with Gasteiger partial charge in [0.2, 0.25) is 0 Å². The Kier molecular flexibility index (Phi) is 1.81. The van der Waals surface area contributed by atoms with E-state index in [2.05, 4.69) is 25.9 Å². The summed E-state index contributed by atoms with van der Waals surface area (Å²) < 4.78 is 0.599. The third-order valence-electron chi connectivity index (χ3n) is 1.71. The highest BCUT2D eigenvalue weighted by Crippen LogP contribution is 2.17. The molecule has 0 bridgehead atoms. The van der Waals surface area contributed by atoms with E-state index in [4.69, 9.17) is 0 Å². The van der Waals surface area contributed by atoms with Gasteiger partial charge in [0.25, 0.3) is 0 Å². The molecule has 0 aliphatic rings. The van der Waals surface area contributed by atoms with Crippen molar-refractivity contribution >= 4 is 32.9 Å². The largest absolute Gasteiger partial charge is 0.545 e. The number of aromatic amines is 1. The third kappa shape index (κ3) is 1.31. The third-order valence-corrected chi connectivity index (χ3v) is 2.15. The Morgan fingerprint density at radius 3 is 3.00 bits per heavy atom. The zero-order chi connectivity index (χ0) is 9.42. The summed E-state index contributed by atoms with van der Waals surface area (Å²) in [7, 11) is 0. The quantitative estimate of drug-likeness (QED) is 0.745. The number of carbonyl (C=O) groups excluding carboxylic acids is 1. The monoisotopic (exact) mass is 239 g/mol. The lowest BCUT2D eigenvalue weighted by molar-refractivity contribution is -0.254. The average Bonchev–Trinajstić information content (AvgIpc) is 2.46. The van der Waals surface area contributed by atoms with E-state index in [-0.39, 0.29) is 5.56 Å². The molecule has 2 aromatic rings. The molecule has 2 aromatic heterocycles. The number of fused-ring (bicyclic) bond motifs is 1.